The molecule has 1 fully saturated rings. The quantitative estimate of drug-likeness (QED) is 0.352. The van der Waals surface area contributed by atoms with Crippen LogP contribution in [-0.2, 0) is 32.1 Å². The van der Waals surface area contributed by atoms with E-state index >= 15 is 0 Å². The minimum atomic E-state index is -0.578. The number of rotatable bonds is 3. The summed E-state index contributed by atoms with van der Waals surface area (Å²) >= 11 is 1.51. The standard InChI is InChI=1S/C31H25NO6S/c1-15-9-24(34)23-12-22-20(5-6-21-27(22)31(37)32(30(21)36)13-19-3-2-8-39-19)26(28(23)29(15)35)17-10-16-11-18(33)4-7-25(16)38-14-17/h2-5,7-9,11,14,21-22,26-27,33H,6,10,12-13H2,1H3. The number of thiophene rings is 1. The number of allylic oxidation sites excluding steroid dienone is 7. The van der Waals surface area contributed by atoms with Crippen molar-refractivity contribution in [3.63, 3.8) is 0 Å². The summed E-state index contributed by atoms with van der Waals surface area (Å²) in [4.78, 5) is 56.4. The molecule has 3 heterocycles. The molecule has 5 aliphatic rings. The Morgan fingerprint density at radius 1 is 1.10 bits per heavy atom. The van der Waals surface area contributed by atoms with Crippen molar-refractivity contribution in [1.82, 2.24) is 4.90 Å². The molecular formula is C31H25NO6S. The van der Waals surface area contributed by atoms with E-state index in [1.807, 2.05) is 23.6 Å². The molecule has 7 rings (SSSR count). The van der Waals surface area contributed by atoms with Gasteiger partial charge in [-0.3, -0.25) is 24.1 Å². The fourth-order valence-corrected chi connectivity index (χ4v) is 7.64. The SMILES string of the molecule is CC1=CC(=O)C2=C(C1=O)C(C1=COc3ccc(O)cc3C1)C1=CCC3C(=O)N(Cc4cccs4)C(=O)C3C1C2. The van der Waals surface area contributed by atoms with E-state index in [2.05, 4.69) is 0 Å². The lowest BCUT2D eigenvalue weighted by molar-refractivity contribution is -0.140. The Bertz CT molecular complexity index is 1610. The molecular weight excluding hydrogens is 514 g/mol. The molecule has 0 saturated carbocycles. The number of carbonyl (C=O) groups excluding carboxylic acids is 4. The van der Waals surface area contributed by atoms with Crippen LogP contribution in [-0.4, -0.2) is 33.4 Å². The second kappa shape index (κ2) is 8.74. The van der Waals surface area contributed by atoms with Crippen molar-refractivity contribution >= 4 is 34.7 Å². The van der Waals surface area contributed by atoms with Gasteiger partial charge in [0, 0.05) is 39.5 Å². The van der Waals surface area contributed by atoms with Crippen LogP contribution in [0.2, 0.25) is 0 Å². The van der Waals surface area contributed by atoms with Gasteiger partial charge in [-0.25, -0.2) is 0 Å². The fourth-order valence-electron chi connectivity index (χ4n) is 6.95. The zero-order valence-corrected chi connectivity index (χ0v) is 22.0. The number of hydrogen-bond donors (Lipinski definition) is 1. The Morgan fingerprint density at radius 3 is 2.74 bits per heavy atom. The molecule has 1 N–H and O–H groups in total. The topological polar surface area (TPSA) is 101 Å². The molecule has 4 atom stereocenters. The van der Waals surface area contributed by atoms with Gasteiger partial charge in [-0.15, -0.1) is 11.3 Å². The van der Waals surface area contributed by atoms with E-state index in [0.29, 0.717) is 35.3 Å². The highest BCUT2D eigenvalue weighted by molar-refractivity contribution is 7.09. The highest BCUT2D eigenvalue weighted by atomic mass is 32.1. The number of hydrogen-bond acceptors (Lipinski definition) is 7. The van der Waals surface area contributed by atoms with Gasteiger partial charge in [0.2, 0.25) is 11.8 Å². The Labute approximate surface area is 228 Å². The molecule has 1 aromatic heterocycles. The number of amides is 2. The van der Waals surface area contributed by atoms with Gasteiger partial charge in [0.15, 0.2) is 11.6 Å². The number of Topliss-reactive ketones (excluding diaryl/α,β-unsaturated/α-hetero) is 1. The minimum Gasteiger partial charge on any atom is -0.508 e. The van der Waals surface area contributed by atoms with E-state index in [-0.39, 0.29) is 48.0 Å². The molecule has 7 nitrogen and oxygen atoms in total. The van der Waals surface area contributed by atoms with Crippen LogP contribution in [0.1, 0.15) is 30.2 Å². The highest BCUT2D eigenvalue weighted by Crippen LogP contribution is 2.54. The van der Waals surface area contributed by atoms with E-state index in [1.165, 1.54) is 22.3 Å². The first-order chi connectivity index (χ1) is 18.8. The molecule has 0 radical (unpaired) electrons. The summed E-state index contributed by atoms with van der Waals surface area (Å²) < 4.78 is 5.93. The highest BCUT2D eigenvalue weighted by Gasteiger charge is 2.56. The maximum absolute atomic E-state index is 13.8. The molecule has 3 aliphatic carbocycles. The lowest BCUT2D eigenvalue weighted by Gasteiger charge is -2.43. The van der Waals surface area contributed by atoms with Crippen LogP contribution < -0.4 is 4.74 Å². The number of ether oxygens (including phenoxy) is 1. The zero-order chi connectivity index (χ0) is 27.0. The Morgan fingerprint density at radius 2 is 1.95 bits per heavy atom. The number of benzene rings is 1. The largest absolute Gasteiger partial charge is 0.508 e. The second-order valence-corrected chi connectivity index (χ2v) is 11.9. The van der Waals surface area contributed by atoms with Gasteiger partial charge in [-0.1, -0.05) is 17.7 Å². The zero-order valence-electron chi connectivity index (χ0n) is 21.2. The minimum absolute atomic E-state index is 0.114. The smallest absolute Gasteiger partial charge is 0.234 e. The fraction of sp³-hybridized carbons (Fsp3) is 0.290. The van der Waals surface area contributed by atoms with Gasteiger partial charge in [-0.05, 0) is 67.0 Å². The summed E-state index contributed by atoms with van der Waals surface area (Å²) in [5.41, 5.74) is 3.74. The average Bonchev–Trinajstić information content (AvgIpc) is 3.53. The lowest BCUT2D eigenvalue weighted by atomic mass is 9.58. The number of phenols is 1. The summed E-state index contributed by atoms with van der Waals surface area (Å²) in [5, 5.41) is 12.0. The molecule has 4 unspecified atom stereocenters. The van der Waals surface area contributed by atoms with Crippen molar-refractivity contribution in [2.24, 2.45) is 23.7 Å². The van der Waals surface area contributed by atoms with Gasteiger partial charge in [0.1, 0.15) is 11.5 Å². The monoisotopic (exact) mass is 539 g/mol. The third-order valence-electron chi connectivity index (χ3n) is 8.70. The van der Waals surface area contributed by atoms with Crippen LogP contribution >= 0.6 is 11.3 Å². The van der Waals surface area contributed by atoms with Gasteiger partial charge in [-0.2, -0.15) is 0 Å². The molecule has 0 spiro atoms. The Hall–Kier alpha value is -4.04. The van der Waals surface area contributed by atoms with Gasteiger partial charge in [0.25, 0.3) is 0 Å². The van der Waals surface area contributed by atoms with Crippen molar-refractivity contribution in [1.29, 1.82) is 0 Å². The predicted octanol–water partition coefficient (Wildman–Crippen LogP) is 4.43. The second-order valence-electron chi connectivity index (χ2n) is 10.9. The molecule has 1 saturated heterocycles. The van der Waals surface area contributed by atoms with Crippen molar-refractivity contribution in [3.8, 4) is 11.5 Å². The van der Waals surface area contributed by atoms with E-state index in [1.54, 1.807) is 31.4 Å². The maximum Gasteiger partial charge on any atom is 0.234 e. The van der Waals surface area contributed by atoms with Crippen molar-refractivity contribution < 1.29 is 29.0 Å². The van der Waals surface area contributed by atoms with E-state index in [0.717, 1.165) is 21.6 Å². The van der Waals surface area contributed by atoms with E-state index in [4.69, 9.17) is 4.74 Å². The van der Waals surface area contributed by atoms with Crippen LogP contribution in [0.15, 0.2) is 82.0 Å². The number of aromatic hydroxyl groups is 1. The van der Waals surface area contributed by atoms with Crippen LogP contribution in [0.25, 0.3) is 0 Å². The van der Waals surface area contributed by atoms with E-state index in [9.17, 15) is 24.3 Å². The van der Waals surface area contributed by atoms with E-state index < -0.39 is 17.8 Å². The molecule has 196 valence electrons. The molecule has 2 aromatic rings. The summed E-state index contributed by atoms with van der Waals surface area (Å²) in [6, 6.07) is 8.71. The predicted molar refractivity (Wildman–Crippen MR) is 142 cm³/mol. The Kier molecular flexibility index (Phi) is 5.39. The number of imide groups is 1. The lowest BCUT2D eigenvalue weighted by Crippen LogP contribution is -2.41. The summed E-state index contributed by atoms with van der Waals surface area (Å²) in [6.07, 6.45) is 6.13. The average molecular weight is 540 g/mol. The van der Waals surface area contributed by atoms with Crippen molar-refractivity contribution in [2.75, 3.05) is 0 Å². The first-order valence-electron chi connectivity index (χ1n) is 13.1. The van der Waals surface area contributed by atoms with Gasteiger partial charge >= 0.3 is 0 Å². The number of carbonyl (C=O) groups is 4. The van der Waals surface area contributed by atoms with Gasteiger partial charge < -0.3 is 9.84 Å². The summed E-state index contributed by atoms with van der Waals surface area (Å²) in [7, 11) is 0. The Balaban J connectivity index is 1.31. The van der Waals surface area contributed by atoms with Gasteiger partial charge in [0.05, 0.1) is 24.6 Å². The maximum atomic E-state index is 13.8. The third-order valence-corrected chi connectivity index (χ3v) is 9.56. The summed E-state index contributed by atoms with van der Waals surface area (Å²) in [6.45, 7) is 1.90. The van der Waals surface area contributed by atoms with Crippen LogP contribution in [0.3, 0.4) is 0 Å². The molecule has 1 aromatic carbocycles. The molecule has 39 heavy (non-hydrogen) atoms. The first kappa shape index (κ1) is 24.0. The third kappa shape index (κ3) is 3.61. The van der Waals surface area contributed by atoms with Crippen LogP contribution in [0.5, 0.6) is 11.5 Å². The summed E-state index contributed by atoms with van der Waals surface area (Å²) in [5.74, 6) is -1.99. The number of likely N-dealkylation sites (tertiary alicyclic amines) is 1. The molecule has 2 aliphatic heterocycles. The number of phenolic OH excluding ortho intramolecular Hbond substituents is 1. The first-order valence-corrected chi connectivity index (χ1v) is 13.9. The van der Waals surface area contributed by atoms with Crippen molar-refractivity contribution in [3.05, 3.63) is 92.4 Å². The van der Waals surface area contributed by atoms with Crippen molar-refractivity contribution in [2.45, 2.75) is 32.7 Å². The number of ketones is 2. The van der Waals surface area contributed by atoms with Crippen LogP contribution in [0.4, 0.5) is 0 Å². The number of fused-ring (bicyclic) bond motifs is 4. The van der Waals surface area contributed by atoms with Crippen LogP contribution in [0, 0.1) is 23.7 Å². The number of nitrogens with zero attached hydrogens (tertiary/aromatic N) is 1. The molecule has 0 bridgehead atoms. The molecule has 2 amide bonds. The normalized spacial score (nSPS) is 27.7. The molecule has 8 heteroatoms.